The second-order valence-electron chi connectivity index (χ2n) is 7.73. The van der Waals surface area contributed by atoms with E-state index in [-0.39, 0.29) is 11.3 Å². The molecule has 0 aliphatic carbocycles. The van der Waals surface area contributed by atoms with E-state index in [2.05, 4.69) is 13.8 Å². The Bertz CT molecular complexity index is 957. The quantitative estimate of drug-likeness (QED) is 0.365. The lowest BCUT2D eigenvalue weighted by molar-refractivity contribution is -0.896. The number of hydrogen-bond acceptors (Lipinski definition) is 5. The van der Waals surface area contributed by atoms with E-state index in [4.69, 9.17) is 9.15 Å². The number of aliphatic hydroxyl groups excluding tert-OH is 1. The van der Waals surface area contributed by atoms with Gasteiger partial charge in [0, 0.05) is 18.5 Å². The van der Waals surface area contributed by atoms with Crippen molar-refractivity contribution >= 4 is 17.4 Å². The summed E-state index contributed by atoms with van der Waals surface area (Å²) in [7, 11) is 1.56. The summed E-state index contributed by atoms with van der Waals surface area (Å²) >= 11 is 0. The van der Waals surface area contributed by atoms with Gasteiger partial charge in [-0.3, -0.25) is 9.59 Å². The predicted molar refractivity (Wildman–Crippen MR) is 117 cm³/mol. The Balaban J connectivity index is 1.98. The molecule has 3 rings (SSSR count). The number of nitrogens with one attached hydrogen (secondary N) is 1. The van der Waals surface area contributed by atoms with Crippen LogP contribution in [0.4, 0.5) is 0 Å². The molecule has 1 fully saturated rings. The van der Waals surface area contributed by atoms with Crippen LogP contribution < -0.4 is 9.64 Å². The predicted octanol–water partition coefficient (Wildman–Crippen LogP) is 2.33. The SMILES string of the molecule is CC[NH+](CC)CCCN1C(=O)C(=O)/C(=C(/O)c2ccc(OC)cc2)[C@H]1c1ccc(C)o1. The standard InChI is InChI=1S/C24H30N2O5/c1-5-25(6-2)14-7-15-26-21(19-13-8-16(3)31-19)20(23(28)24(26)29)22(27)17-9-11-18(30-4)12-10-17/h8-13,21,27H,5-7,14-15H2,1-4H3/p+1/b22-20+/t21-/m1/s1. The number of ether oxygens (including phenoxy) is 1. The number of carbonyl (C=O) groups is 2. The van der Waals surface area contributed by atoms with Crippen LogP contribution in [0, 0.1) is 6.92 Å². The monoisotopic (exact) mass is 427 g/mol. The van der Waals surface area contributed by atoms with Gasteiger partial charge >= 0.3 is 0 Å². The largest absolute Gasteiger partial charge is 0.507 e. The van der Waals surface area contributed by atoms with Crippen molar-refractivity contribution in [3.8, 4) is 5.75 Å². The number of likely N-dealkylation sites (tertiary alicyclic amines) is 1. The third-order valence-corrected chi connectivity index (χ3v) is 5.86. The molecule has 2 N–H and O–H groups in total. The topological polar surface area (TPSA) is 84.4 Å². The molecule has 166 valence electrons. The number of rotatable bonds is 9. The van der Waals surface area contributed by atoms with Crippen molar-refractivity contribution in [3.63, 3.8) is 0 Å². The molecule has 0 saturated carbocycles. The fourth-order valence-electron chi connectivity index (χ4n) is 4.01. The van der Waals surface area contributed by atoms with Gasteiger partial charge in [0.25, 0.3) is 11.7 Å². The molecule has 1 aliphatic rings. The van der Waals surface area contributed by atoms with E-state index in [0.717, 1.165) is 26.1 Å². The molecule has 7 nitrogen and oxygen atoms in total. The third-order valence-electron chi connectivity index (χ3n) is 5.86. The highest BCUT2D eigenvalue weighted by atomic mass is 16.5. The van der Waals surface area contributed by atoms with Crippen LogP contribution in [0.5, 0.6) is 5.75 Å². The van der Waals surface area contributed by atoms with E-state index in [0.29, 0.717) is 29.4 Å². The van der Waals surface area contributed by atoms with Crippen molar-refractivity contribution in [1.29, 1.82) is 0 Å². The van der Waals surface area contributed by atoms with Gasteiger partial charge in [-0.25, -0.2) is 0 Å². The van der Waals surface area contributed by atoms with Crippen LogP contribution in [0.25, 0.3) is 5.76 Å². The Morgan fingerprint density at radius 1 is 1.13 bits per heavy atom. The van der Waals surface area contributed by atoms with Crippen molar-refractivity contribution in [2.45, 2.75) is 33.2 Å². The summed E-state index contributed by atoms with van der Waals surface area (Å²) in [5.74, 6) is 0.275. The van der Waals surface area contributed by atoms with Crippen molar-refractivity contribution in [3.05, 3.63) is 59.1 Å². The first-order valence-electron chi connectivity index (χ1n) is 10.7. The lowest BCUT2D eigenvalue weighted by atomic mass is 9.99. The van der Waals surface area contributed by atoms with Crippen molar-refractivity contribution in [2.24, 2.45) is 0 Å². The van der Waals surface area contributed by atoms with Crippen LogP contribution in [0.15, 0.2) is 46.4 Å². The maximum Gasteiger partial charge on any atom is 0.295 e. The highest BCUT2D eigenvalue weighted by Gasteiger charge is 2.47. The molecule has 0 spiro atoms. The van der Waals surface area contributed by atoms with Crippen molar-refractivity contribution < 1.29 is 28.7 Å². The van der Waals surface area contributed by atoms with Gasteiger partial charge in [0.2, 0.25) is 0 Å². The van der Waals surface area contributed by atoms with Crippen LogP contribution in [0.2, 0.25) is 0 Å². The smallest absolute Gasteiger partial charge is 0.295 e. The summed E-state index contributed by atoms with van der Waals surface area (Å²) < 4.78 is 11.0. The second kappa shape index (κ2) is 9.83. The molecule has 0 unspecified atom stereocenters. The van der Waals surface area contributed by atoms with Gasteiger partial charge in [-0.2, -0.15) is 0 Å². The van der Waals surface area contributed by atoms with Crippen molar-refractivity contribution in [1.82, 2.24) is 4.90 Å². The van der Waals surface area contributed by atoms with Crippen LogP contribution in [0.1, 0.15) is 43.4 Å². The third kappa shape index (κ3) is 4.66. The summed E-state index contributed by atoms with van der Waals surface area (Å²) in [4.78, 5) is 28.8. The number of benzene rings is 1. The number of quaternary nitrogens is 1. The van der Waals surface area contributed by atoms with E-state index in [1.54, 1.807) is 43.5 Å². The van der Waals surface area contributed by atoms with E-state index in [1.807, 2.05) is 6.92 Å². The molecule has 1 saturated heterocycles. The average Bonchev–Trinajstić information content (AvgIpc) is 3.32. The first-order valence-corrected chi connectivity index (χ1v) is 10.7. The van der Waals surface area contributed by atoms with Crippen LogP contribution >= 0.6 is 0 Å². The summed E-state index contributed by atoms with van der Waals surface area (Å²) in [5, 5.41) is 11.0. The molecule has 1 aromatic carbocycles. The van der Waals surface area contributed by atoms with Crippen molar-refractivity contribution in [2.75, 3.05) is 33.3 Å². The number of carbonyl (C=O) groups excluding carboxylic acids is 2. The number of aryl methyl sites for hydroxylation is 1. The van der Waals surface area contributed by atoms with E-state index in [1.165, 1.54) is 9.80 Å². The maximum atomic E-state index is 13.0. The summed E-state index contributed by atoms with van der Waals surface area (Å²) in [5.41, 5.74) is 0.499. The van der Waals surface area contributed by atoms with Gasteiger partial charge in [0.1, 0.15) is 29.1 Å². The number of hydrogen-bond donors (Lipinski definition) is 2. The Morgan fingerprint density at radius 3 is 2.35 bits per heavy atom. The minimum absolute atomic E-state index is 0.0553. The lowest BCUT2D eigenvalue weighted by Gasteiger charge is -2.24. The van der Waals surface area contributed by atoms with Gasteiger partial charge < -0.3 is 24.1 Å². The summed E-state index contributed by atoms with van der Waals surface area (Å²) in [6.07, 6.45) is 0.753. The molecule has 31 heavy (non-hydrogen) atoms. The number of Topliss-reactive ketones (excluding diaryl/α,β-unsaturated/α-hetero) is 1. The van der Waals surface area contributed by atoms with Crippen LogP contribution in [0.3, 0.4) is 0 Å². The van der Waals surface area contributed by atoms with E-state index in [9.17, 15) is 14.7 Å². The number of aliphatic hydroxyl groups is 1. The van der Waals surface area contributed by atoms with Gasteiger partial charge in [0.15, 0.2) is 0 Å². The molecule has 1 amide bonds. The first-order chi connectivity index (χ1) is 14.9. The Hall–Kier alpha value is -3.06. The number of furan rings is 1. The molecule has 7 heteroatoms. The van der Waals surface area contributed by atoms with E-state index >= 15 is 0 Å². The molecule has 1 aromatic heterocycles. The van der Waals surface area contributed by atoms with Gasteiger partial charge in [-0.1, -0.05) is 0 Å². The Kier molecular flexibility index (Phi) is 7.17. The number of methoxy groups -OCH3 is 1. The number of amides is 1. The lowest BCUT2D eigenvalue weighted by Crippen LogP contribution is -3.11. The Morgan fingerprint density at radius 2 is 1.81 bits per heavy atom. The van der Waals surface area contributed by atoms with Gasteiger partial charge in [0.05, 0.1) is 32.3 Å². The minimum atomic E-state index is -0.748. The zero-order valence-corrected chi connectivity index (χ0v) is 18.6. The highest BCUT2D eigenvalue weighted by molar-refractivity contribution is 6.46. The molecule has 2 heterocycles. The number of nitrogens with zero attached hydrogens (tertiary/aromatic N) is 1. The fraction of sp³-hybridized carbons (Fsp3) is 0.417. The molecule has 1 atom stereocenters. The highest BCUT2D eigenvalue weighted by Crippen LogP contribution is 2.40. The number of ketones is 1. The van der Waals surface area contributed by atoms with Gasteiger partial charge in [-0.15, -0.1) is 0 Å². The first kappa shape index (κ1) is 22.6. The minimum Gasteiger partial charge on any atom is -0.507 e. The zero-order chi connectivity index (χ0) is 22.5. The van der Waals surface area contributed by atoms with Crippen LogP contribution in [-0.4, -0.2) is 55.0 Å². The average molecular weight is 428 g/mol. The fourth-order valence-corrected chi connectivity index (χ4v) is 4.01. The zero-order valence-electron chi connectivity index (χ0n) is 18.6. The molecule has 0 bridgehead atoms. The normalized spacial score (nSPS) is 18.2. The molecule has 1 aliphatic heterocycles. The molecular formula is C24H31N2O5+. The molecule has 0 radical (unpaired) electrons. The Labute approximate surface area is 182 Å². The maximum absolute atomic E-state index is 13.0. The van der Waals surface area contributed by atoms with E-state index < -0.39 is 17.7 Å². The second-order valence-corrected chi connectivity index (χ2v) is 7.73. The molecule has 2 aromatic rings. The van der Waals surface area contributed by atoms with Gasteiger partial charge in [-0.05, 0) is 57.2 Å². The van der Waals surface area contributed by atoms with Crippen LogP contribution in [-0.2, 0) is 9.59 Å². The molecular weight excluding hydrogens is 396 g/mol. The summed E-state index contributed by atoms with van der Waals surface area (Å²) in [6.45, 7) is 9.40. The summed E-state index contributed by atoms with van der Waals surface area (Å²) in [6, 6.07) is 9.53.